The van der Waals surface area contributed by atoms with E-state index in [1.165, 1.54) is 4.90 Å². The minimum atomic E-state index is -0.927. The molecule has 2 N–H and O–H groups in total. The van der Waals surface area contributed by atoms with Gasteiger partial charge < -0.3 is 15.0 Å². The molecule has 0 aromatic carbocycles. The number of nitrogens with one attached hydrogen (secondary N) is 1. The summed E-state index contributed by atoms with van der Waals surface area (Å²) in [6.45, 7) is 3.98. The first-order chi connectivity index (χ1) is 9.40. The Labute approximate surface area is 116 Å². The summed E-state index contributed by atoms with van der Waals surface area (Å²) in [5.74, 6) is -1.29. The molecule has 1 unspecified atom stereocenters. The fraction of sp³-hybridized carbons (Fsp3) is 0.500. The molecule has 108 valence electrons. The van der Waals surface area contributed by atoms with Crippen molar-refractivity contribution in [1.29, 1.82) is 0 Å². The Hall–Kier alpha value is -2.11. The van der Waals surface area contributed by atoms with Crippen LogP contribution in [0.5, 0.6) is 0 Å². The van der Waals surface area contributed by atoms with Crippen LogP contribution in [0.4, 0.5) is 0 Å². The van der Waals surface area contributed by atoms with E-state index in [0.717, 1.165) is 6.42 Å². The fourth-order valence-electron chi connectivity index (χ4n) is 2.78. The first kappa shape index (κ1) is 14.3. The number of hydrogen-bond acceptors (Lipinski definition) is 3. The van der Waals surface area contributed by atoms with Gasteiger partial charge in [0.05, 0.1) is 6.42 Å². The van der Waals surface area contributed by atoms with Crippen LogP contribution in [0, 0.1) is 13.8 Å². The van der Waals surface area contributed by atoms with Gasteiger partial charge in [0.25, 0.3) is 11.5 Å². The topological polar surface area (TPSA) is 90.5 Å². The van der Waals surface area contributed by atoms with Crippen molar-refractivity contribution in [2.24, 2.45) is 0 Å². The van der Waals surface area contributed by atoms with Crippen molar-refractivity contribution in [2.45, 2.75) is 39.2 Å². The number of aromatic nitrogens is 1. The van der Waals surface area contributed by atoms with E-state index < -0.39 is 11.5 Å². The van der Waals surface area contributed by atoms with E-state index in [2.05, 4.69) is 4.98 Å². The summed E-state index contributed by atoms with van der Waals surface area (Å²) in [6, 6.07) is 1.43. The summed E-state index contributed by atoms with van der Waals surface area (Å²) in [5, 5.41) is 8.88. The summed E-state index contributed by atoms with van der Waals surface area (Å²) in [5.41, 5.74) is 1.03. The minimum Gasteiger partial charge on any atom is -0.481 e. The lowest BCUT2D eigenvalue weighted by Gasteiger charge is -2.23. The highest BCUT2D eigenvalue weighted by atomic mass is 16.4. The van der Waals surface area contributed by atoms with Crippen LogP contribution in [0.3, 0.4) is 0 Å². The number of carboxylic acids is 1. The second-order valence-electron chi connectivity index (χ2n) is 5.23. The monoisotopic (exact) mass is 278 g/mol. The number of hydrogen-bond donors (Lipinski definition) is 2. The number of carbonyl (C=O) groups excluding carboxylic acids is 1. The summed E-state index contributed by atoms with van der Waals surface area (Å²) >= 11 is 0. The Kier molecular flexibility index (Phi) is 3.92. The highest BCUT2D eigenvalue weighted by Crippen LogP contribution is 2.22. The van der Waals surface area contributed by atoms with Crippen molar-refractivity contribution in [3.63, 3.8) is 0 Å². The number of rotatable bonds is 3. The van der Waals surface area contributed by atoms with Crippen molar-refractivity contribution in [3.8, 4) is 0 Å². The van der Waals surface area contributed by atoms with E-state index in [1.54, 1.807) is 19.9 Å². The van der Waals surface area contributed by atoms with E-state index in [9.17, 15) is 14.4 Å². The van der Waals surface area contributed by atoms with Crippen LogP contribution in [0.1, 0.15) is 40.9 Å². The summed E-state index contributed by atoms with van der Waals surface area (Å²) in [6.07, 6.45) is 1.36. The van der Waals surface area contributed by atoms with Gasteiger partial charge in [-0.1, -0.05) is 0 Å². The van der Waals surface area contributed by atoms with Gasteiger partial charge in [0.2, 0.25) is 0 Å². The second-order valence-corrected chi connectivity index (χ2v) is 5.23. The molecule has 1 saturated heterocycles. The van der Waals surface area contributed by atoms with Crippen LogP contribution in [-0.2, 0) is 4.79 Å². The van der Waals surface area contributed by atoms with Gasteiger partial charge >= 0.3 is 5.97 Å². The summed E-state index contributed by atoms with van der Waals surface area (Å²) < 4.78 is 0. The number of pyridine rings is 1. The lowest BCUT2D eigenvalue weighted by Crippen LogP contribution is -2.40. The van der Waals surface area contributed by atoms with Crippen molar-refractivity contribution in [1.82, 2.24) is 9.88 Å². The molecule has 6 nitrogen and oxygen atoms in total. The molecular formula is C14H18N2O4. The third-order valence-electron chi connectivity index (χ3n) is 3.63. The maximum Gasteiger partial charge on any atom is 0.305 e. The van der Waals surface area contributed by atoms with Gasteiger partial charge in [-0.25, -0.2) is 0 Å². The molecule has 1 amide bonds. The van der Waals surface area contributed by atoms with Crippen LogP contribution in [0.25, 0.3) is 0 Å². The smallest absolute Gasteiger partial charge is 0.305 e. The lowest BCUT2D eigenvalue weighted by atomic mass is 10.1. The fourth-order valence-corrected chi connectivity index (χ4v) is 2.78. The predicted molar refractivity (Wildman–Crippen MR) is 72.8 cm³/mol. The molecule has 0 saturated carbocycles. The van der Waals surface area contributed by atoms with Crippen molar-refractivity contribution < 1.29 is 14.7 Å². The predicted octanol–water partition coefficient (Wildman–Crippen LogP) is 1.07. The number of carboxylic acid groups (broad SMARTS) is 1. The van der Waals surface area contributed by atoms with Gasteiger partial charge in [-0.15, -0.1) is 0 Å². The molecule has 6 heteroatoms. The van der Waals surface area contributed by atoms with E-state index in [1.807, 2.05) is 0 Å². The summed E-state index contributed by atoms with van der Waals surface area (Å²) in [7, 11) is 0. The largest absolute Gasteiger partial charge is 0.481 e. The van der Waals surface area contributed by atoms with Crippen molar-refractivity contribution in [2.75, 3.05) is 6.54 Å². The number of aryl methyl sites for hydroxylation is 2. The Morgan fingerprint density at radius 1 is 1.45 bits per heavy atom. The molecule has 0 radical (unpaired) electrons. The highest BCUT2D eigenvalue weighted by molar-refractivity contribution is 5.95. The Balaban J connectivity index is 2.32. The minimum absolute atomic E-state index is 0.0748. The Morgan fingerprint density at radius 2 is 2.15 bits per heavy atom. The van der Waals surface area contributed by atoms with Gasteiger partial charge in [0.15, 0.2) is 0 Å². The maximum absolute atomic E-state index is 12.5. The number of carbonyl (C=O) groups is 2. The normalized spacial score (nSPS) is 18.3. The van der Waals surface area contributed by atoms with E-state index >= 15 is 0 Å². The third kappa shape index (κ3) is 2.74. The highest BCUT2D eigenvalue weighted by Gasteiger charge is 2.32. The third-order valence-corrected chi connectivity index (χ3v) is 3.63. The van der Waals surface area contributed by atoms with Gasteiger partial charge in [0, 0.05) is 18.3 Å². The zero-order chi connectivity index (χ0) is 14.9. The van der Waals surface area contributed by atoms with Gasteiger partial charge in [-0.3, -0.25) is 14.4 Å². The molecule has 1 aromatic heterocycles. The average molecular weight is 278 g/mol. The van der Waals surface area contributed by atoms with E-state index in [4.69, 9.17) is 5.11 Å². The molecule has 0 bridgehead atoms. The molecule has 1 aliphatic rings. The van der Waals surface area contributed by atoms with Crippen LogP contribution in [-0.4, -0.2) is 39.5 Å². The first-order valence-corrected chi connectivity index (χ1v) is 6.63. The molecule has 0 spiro atoms. The van der Waals surface area contributed by atoms with Crippen molar-refractivity contribution in [3.05, 3.63) is 33.2 Å². The zero-order valence-corrected chi connectivity index (χ0v) is 11.6. The first-order valence-electron chi connectivity index (χ1n) is 6.63. The van der Waals surface area contributed by atoms with Crippen LogP contribution in [0.2, 0.25) is 0 Å². The zero-order valence-electron chi connectivity index (χ0n) is 11.6. The lowest BCUT2D eigenvalue weighted by molar-refractivity contribution is -0.137. The molecule has 2 rings (SSSR count). The number of H-pyrrole nitrogens is 1. The molecule has 0 aliphatic carbocycles. The van der Waals surface area contributed by atoms with Crippen LogP contribution < -0.4 is 5.56 Å². The van der Waals surface area contributed by atoms with Gasteiger partial charge in [-0.05, 0) is 38.3 Å². The number of nitrogens with zero attached hydrogens (tertiary/aromatic N) is 1. The SMILES string of the molecule is Cc1cc(C)c(C(=O)N2CCCC2CC(=O)O)c(=O)[nH]1. The van der Waals surface area contributed by atoms with E-state index in [-0.39, 0.29) is 23.9 Å². The molecule has 1 fully saturated rings. The molecule has 1 aliphatic heterocycles. The summed E-state index contributed by atoms with van der Waals surface area (Å²) in [4.78, 5) is 39.4. The molecule has 1 aromatic rings. The van der Waals surface area contributed by atoms with Crippen molar-refractivity contribution >= 4 is 11.9 Å². The standard InChI is InChI=1S/C14H18N2O4/c1-8-6-9(2)15-13(19)12(8)14(20)16-5-3-4-10(16)7-11(17)18/h6,10H,3-5,7H2,1-2H3,(H,15,19)(H,17,18). The van der Waals surface area contributed by atoms with Crippen LogP contribution >= 0.6 is 0 Å². The number of likely N-dealkylation sites (tertiary alicyclic amines) is 1. The number of aromatic amines is 1. The molecule has 1 atom stereocenters. The van der Waals surface area contributed by atoms with Gasteiger partial charge in [0.1, 0.15) is 5.56 Å². The quantitative estimate of drug-likeness (QED) is 0.865. The Morgan fingerprint density at radius 3 is 2.75 bits per heavy atom. The molecule has 20 heavy (non-hydrogen) atoms. The average Bonchev–Trinajstić information content (AvgIpc) is 2.74. The Bertz CT molecular complexity index is 606. The maximum atomic E-state index is 12.5. The van der Waals surface area contributed by atoms with Crippen LogP contribution in [0.15, 0.2) is 10.9 Å². The molecule has 2 heterocycles. The number of aliphatic carboxylic acids is 1. The second kappa shape index (κ2) is 5.48. The molecular weight excluding hydrogens is 260 g/mol. The van der Waals surface area contributed by atoms with Gasteiger partial charge in [-0.2, -0.15) is 0 Å². The number of amides is 1. The van der Waals surface area contributed by atoms with E-state index in [0.29, 0.717) is 24.2 Å².